The molecular formula is C10H18O3. The normalized spacial score (nSPS) is 50.1. The average Bonchev–Trinajstić information content (AvgIpc) is 2.60. The zero-order valence-electron chi connectivity index (χ0n) is 8.45. The van der Waals surface area contributed by atoms with Gasteiger partial charge >= 0.3 is 0 Å². The summed E-state index contributed by atoms with van der Waals surface area (Å²) in [6.07, 6.45) is 1.27. The van der Waals surface area contributed by atoms with Crippen LogP contribution in [-0.2, 0) is 4.74 Å². The van der Waals surface area contributed by atoms with E-state index in [1.807, 2.05) is 6.92 Å². The van der Waals surface area contributed by atoms with Gasteiger partial charge in [-0.25, -0.2) is 0 Å². The summed E-state index contributed by atoms with van der Waals surface area (Å²) in [6, 6.07) is 0. The third-order valence-corrected chi connectivity index (χ3v) is 3.65. The number of hydrogen-bond donors (Lipinski definition) is 2. The summed E-state index contributed by atoms with van der Waals surface area (Å²) >= 11 is 0. The molecule has 0 aromatic carbocycles. The Bertz CT molecular complexity index is 221. The summed E-state index contributed by atoms with van der Waals surface area (Å²) < 4.78 is 5.44. The molecule has 2 N–H and O–H groups in total. The lowest BCUT2D eigenvalue weighted by Gasteiger charge is -2.35. The largest absolute Gasteiger partial charge is 0.390 e. The van der Waals surface area contributed by atoms with Gasteiger partial charge in [-0.15, -0.1) is 0 Å². The number of ether oxygens (including phenoxy) is 1. The quantitative estimate of drug-likeness (QED) is 0.592. The highest BCUT2D eigenvalue weighted by atomic mass is 16.6. The van der Waals surface area contributed by atoms with E-state index in [0.717, 1.165) is 6.42 Å². The molecule has 1 saturated heterocycles. The second-order valence-corrected chi connectivity index (χ2v) is 5.13. The van der Waals surface area contributed by atoms with Gasteiger partial charge in [0.1, 0.15) is 5.60 Å². The Hall–Kier alpha value is -0.120. The minimum atomic E-state index is -0.700. The molecule has 2 aliphatic rings. The van der Waals surface area contributed by atoms with Crippen molar-refractivity contribution in [2.24, 2.45) is 5.92 Å². The number of aliphatic hydroxyl groups excluding tert-OH is 1. The predicted molar refractivity (Wildman–Crippen MR) is 48.3 cm³/mol. The molecule has 1 aliphatic heterocycles. The van der Waals surface area contributed by atoms with Crippen LogP contribution in [0.15, 0.2) is 0 Å². The molecule has 0 aromatic heterocycles. The minimum absolute atomic E-state index is 0.156. The van der Waals surface area contributed by atoms with Crippen molar-refractivity contribution in [2.45, 2.75) is 57.0 Å². The summed E-state index contributed by atoms with van der Waals surface area (Å²) in [4.78, 5) is 0. The third-order valence-electron chi connectivity index (χ3n) is 3.65. The second kappa shape index (κ2) is 2.47. The zero-order chi connectivity index (χ0) is 9.85. The fourth-order valence-corrected chi connectivity index (χ4v) is 2.28. The topological polar surface area (TPSA) is 53.0 Å². The van der Waals surface area contributed by atoms with Crippen LogP contribution in [0, 0.1) is 5.92 Å². The van der Waals surface area contributed by atoms with Crippen LogP contribution >= 0.6 is 0 Å². The maximum Gasteiger partial charge on any atom is 0.118 e. The van der Waals surface area contributed by atoms with Crippen molar-refractivity contribution in [1.29, 1.82) is 0 Å². The van der Waals surface area contributed by atoms with Gasteiger partial charge in [0.25, 0.3) is 0 Å². The van der Waals surface area contributed by atoms with Crippen molar-refractivity contribution in [3.63, 3.8) is 0 Å². The van der Waals surface area contributed by atoms with Crippen LogP contribution in [-0.4, -0.2) is 33.6 Å². The molecule has 0 amide bonds. The van der Waals surface area contributed by atoms with Crippen molar-refractivity contribution >= 4 is 0 Å². The van der Waals surface area contributed by atoms with Gasteiger partial charge in [0.05, 0.1) is 17.8 Å². The summed E-state index contributed by atoms with van der Waals surface area (Å²) in [7, 11) is 0. The Balaban J connectivity index is 2.06. The molecule has 0 radical (unpaired) electrons. The molecular weight excluding hydrogens is 168 g/mol. The van der Waals surface area contributed by atoms with Crippen molar-refractivity contribution in [3.8, 4) is 0 Å². The smallest absolute Gasteiger partial charge is 0.118 e. The van der Waals surface area contributed by atoms with E-state index in [4.69, 9.17) is 4.74 Å². The number of hydrogen-bond acceptors (Lipinski definition) is 3. The predicted octanol–water partition coefficient (Wildman–Crippen LogP) is 0.686. The zero-order valence-corrected chi connectivity index (χ0v) is 8.45. The summed E-state index contributed by atoms with van der Waals surface area (Å²) in [5, 5.41) is 19.6. The Kier molecular flexibility index (Phi) is 1.79. The number of epoxide rings is 1. The second-order valence-electron chi connectivity index (χ2n) is 5.13. The summed E-state index contributed by atoms with van der Waals surface area (Å²) in [6.45, 7) is 5.55. The lowest BCUT2D eigenvalue weighted by atomic mass is 9.74. The van der Waals surface area contributed by atoms with Gasteiger partial charge in [-0.05, 0) is 39.5 Å². The van der Waals surface area contributed by atoms with Crippen LogP contribution in [0.3, 0.4) is 0 Å². The highest BCUT2D eigenvalue weighted by molar-refractivity contribution is 5.10. The first kappa shape index (κ1) is 9.44. The molecule has 13 heavy (non-hydrogen) atoms. The number of aliphatic hydroxyl groups is 2. The first-order valence-corrected chi connectivity index (χ1v) is 4.92. The van der Waals surface area contributed by atoms with Crippen LogP contribution in [0.5, 0.6) is 0 Å². The highest BCUT2D eigenvalue weighted by Gasteiger charge is 2.62. The Morgan fingerprint density at radius 1 is 1.38 bits per heavy atom. The molecule has 2 rings (SSSR count). The van der Waals surface area contributed by atoms with Gasteiger partial charge in [0, 0.05) is 0 Å². The number of fused-ring (bicyclic) bond motifs is 1. The van der Waals surface area contributed by atoms with E-state index < -0.39 is 11.7 Å². The lowest BCUT2D eigenvalue weighted by Crippen LogP contribution is -2.43. The van der Waals surface area contributed by atoms with Crippen molar-refractivity contribution in [3.05, 3.63) is 0 Å². The molecule has 1 heterocycles. The van der Waals surface area contributed by atoms with Crippen LogP contribution in [0.1, 0.15) is 33.6 Å². The number of rotatable bonds is 1. The molecule has 3 nitrogen and oxygen atoms in total. The van der Waals surface area contributed by atoms with Crippen LogP contribution in [0.4, 0.5) is 0 Å². The third kappa shape index (κ3) is 1.39. The molecule has 76 valence electrons. The molecule has 0 aromatic rings. The fourth-order valence-electron chi connectivity index (χ4n) is 2.28. The highest BCUT2D eigenvalue weighted by Crippen LogP contribution is 2.51. The summed E-state index contributed by atoms with van der Waals surface area (Å²) in [5.41, 5.74) is -1.00. The Labute approximate surface area is 78.7 Å². The van der Waals surface area contributed by atoms with E-state index in [0.29, 0.717) is 6.42 Å². The molecule has 0 spiro atoms. The minimum Gasteiger partial charge on any atom is -0.390 e. The fraction of sp³-hybridized carbons (Fsp3) is 1.00. The average molecular weight is 186 g/mol. The van der Waals surface area contributed by atoms with E-state index in [1.54, 1.807) is 13.8 Å². The van der Waals surface area contributed by atoms with Gasteiger partial charge < -0.3 is 14.9 Å². The van der Waals surface area contributed by atoms with Crippen molar-refractivity contribution < 1.29 is 14.9 Å². The molecule has 4 atom stereocenters. The van der Waals surface area contributed by atoms with Crippen molar-refractivity contribution in [1.82, 2.24) is 0 Å². The van der Waals surface area contributed by atoms with E-state index in [1.165, 1.54) is 0 Å². The lowest BCUT2D eigenvalue weighted by molar-refractivity contribution is -0.0311. The van der Waals surface area contributed by atoms with Crippen LogP contribution in [0.25, 0.3) is 0 Å². The first-order chi connectivity index (χ1) is 5.84. The van der Waals surface area contributed by atoms with Gasteiger partial charge in [0.15, 0.2) is 0 Å². The summed E-state index contributed by atoms with van der Waals surface area (Å²) in [5.74, 6) is 0.156. The Morgan fingerprint density at radius 3 is 2.46 bits per heavy atom. The molecule has 1 saturated carbocycles. The molecule has 4 unspecified atom stereocenters. The van der Waals surface area contributed by atoms with Crippen LogP contribution in [0.2, 0.25) is 0 Å². The van der Waals surface area contributed by atoms with Crippen molar-refractivity contribution in [2.75, 3.05) is 0 Å². The van der Waals surface area contributed by atoms with E-state index >= 15 is 0 Å². The van der Waals surface area contributed by atoms with Gasteiger partial charge in [-0.2, -0.15) is 0 Å². The van der Waals surface area contributed by atoms with E-state index in [-0.39, 0.29) is 17.6 Å². The van der Waals surface area contributed by atoms with E-state index in [2.05, 4.69) is 0 Å². The first-order valence-electron chi connectivity index (χ1n) is 4.92. The van der Waals surface area contributed by atoms with Gasteiger partial charge in [-0.3, -0.25) is 0 Å². The molecule has 3 heteroatoms. The monoisotopic (exact) mass is 186 g/mol. The molecule has 1 aliphatic carbocycles. The van der Waals surface area contributed by atoms with Gasteiger partial charge in [0.2, 0.25) is 0 Å². The maximum absolute atomic E-state index is 9.81. The van der Waals surface area contributed by atoms with Gasteiger partial charge in [-0.1, -0.05) is 0 Å². The Morgan fingerprint density at radius 2 is 2.00 bits per heavy atom. The molecule has 0 bridgehead atoms. The standard InChI is InChI=1S/C10H18O3/c1-9(2,12)6-4-7(11)10(3)8(5-6)13-10/h6-8,11-12H,4-5H2,1-3H3. The van der Waals surface area contributed by atoms with E-state index in [9.17, 15) is 10.2 Å². The SMILES string of the molecule is CC(C)(O)C1CC(O)C2(C)OC2C1. The molecule has 2 fully saturated rings. The van der Waals surface area contributed by atoms with Crippen LogP contribution < -0.4 is 0 Å². The maximum atomic E-state index is 9.81.